The van der Waals surface area contributed by atoms with Gasteiger partial charge in [0.1, 0.15) is 10.3 Å². The number of aromatic amines is 1. The van der Waals surface area contributed by atoms with Crippen LogP contribution in [-0.4, -0.2) is 20.2 Å². The Kier molecular flexibility index (Phi) is 2.84. The molecule has 88 valence electrons. The Morgan fingerprint density at radius 3 is 2.65 bits per heavy atom. The van der Waals surface area contributed by atoms with E-state index in [1.165, 1.54) is 6.07 Å². The standard InChI is InChI=1S/C10H6BrFN2O3/c11-7-9(16)13-8(14-10(7)17)4-1-2-6(15)5(12)3-4/h1-3,15H,(H2,13,14,16,17). The molecule has 0 atom stereocenters. The zero-order valence-corrected chi connectivity index (χ0v) is 9.82. The minimum absolute atomic E-state index is 0.00889. The molecule has 0 aliphatic heterocycles. The van der Waals surface area contributed by atoms with E-state index in [9.17, 15) is 14.3 Å². The smallest absolute Gasteiger partial charge is 0.269 e. The second kappa shape index (κ2) is 4.17. The number of hydrogen-bond acceptors (Lipinski definition) is 4. The third-order valence-corrected chi connectivity index (χ3v) is 2.78. The summed E-state index contributed by atoms with van der Waals surface area (Å²) < 4.78 is 13.0. The van der Waals surface area contributed by atoms with E-state index in [0.717, 1.165) is 12.1 Å². The second-order valence-electron chi connectivity index (χ2n) is 3.22. The molecule has 7 heteroatoms. The molecule has 1 aromatic heterocycles. The van der Waals surface area contributed by atoms with Crippen LogP contribution in [-0.2, 0) is 0 Å². The molecule has 0 saturated carbocycles. The molecular weight excluding hydrogens is 295 g/mol. The van der Waals surface area contributed by atoms with E-state index in [4.69, 9.17) is 5.11 Å². The number of nitrogens with one attached hydrogen (secondary N) is 1. The molecule has 0 spiro atoms. The van der Waals surface area contributed by atoms with Crippen LogP contribution in [0.3, 0.4) is 0 Å². The third kappa shape index (κ3) is 2.14. The fourth-order valence-electron chi connectivity index (χ4n) is 1.24. The summed E-state index contributed by atoms with van der Waals surface area (Å²) in [5, 5.41) is 18.4. The molecule has 0 aliphatic rings. The van der Waals surface area contributed by atoms with Gasteiger partial charge < -0.3 is 15.2 Å². The number of aromatic nitrogens is 2. The SMILES string of the molecule is O=c1[nH]c(-c2ccc(O)c(F)c2)nc(O)c1Br. The van der Waals surface area contributed by atoms with Crippen LogP contribution in [0.1, 0.15) is 0 Å². The van der Waals surface area contributed by atoms with Crippen molar-refractivity contribution in [2.24, 2.45) is 0 Å². The highest BCUT2D eigenvalue weighted by Gasteiger charge is 2.10. The average molecular weight is 301 g/mol. The summed E-state index contributed by atoms with van der Waals surface area (Å²) >= 11 is 2.84. The number of aromatic hydroxyl groups is 2. The Balaban J connectivity index is 2.61. The zero-order chi connectivity index (χ0) is 12.6. The van der Waals surface area contributed by atoms with Gasteiger partial charge in [-0.1, -0.05) is 0 Å². The molecule has 0 amide bonds. The van der Waals surface area contributed by atoms with Gasteiger partial charge in [0.05, 0.1) is 0 Å². The van der Waals surface area contributed by atoms with E-state index in [1.807, 2.05) is 0 Å². The van der Waals surface area contributed by atoms with Crippen LogP contribution in [0.15, 0.2) is 27.5 Å². The molecular formula is C10H6BrFN2O3. The van der Waals surface area contributed by atoms with Gasteiger partial charge in [0.2, 0.25) is 5.88 Å². The Bertz CT molecular complexity index is 642. The molecule has 0 bridgehead atoms. The van der Waals surface area contributed by atoms with Crippen molar-refractivity contribution in [3.8, 4) is 23.0 Å². The molecule has 2 aromatic rings. The predicted octanol–water partition coefficient (Wildman–Crippen LogP) is 1.75. The average Bonchev–Trinajstić information content (AvgIpc) is 2.29. The molecule has 1 heterocycles. The van der Waals surface area contributed by atoms with Crippen molar-refractivity contribution in [3.05, 3.63) is 38.8 Å². The topological polar surface area (TPSA) is 86.2 Å². The van der Waals surface area contributed by atoms with Crippen LogP contribution in [0.25, 0.3) is 11.4 Å². The molecule has 17 heavy (non-hydrogen) atoms. The first-order valence-corrected chi connectivity index (χ1v) is 5.26. The highest BCUT2D eigenvalue weighted by atomic mass is 79.9. The first-order chi connectivity index (χ1) is 7.99. The van der Waals surface area contributed by atoms with Crippen LogP contribution in [0, 0.1) is 5.82 Å². The van der Waals surface area contributed by atoms with Crippen molar-refractivity contribution in [1.82, 2.24) is 9.97 Å². The first kappa shape index (κ1) is 11.6. The molecule has 0 unspecified atom stereocenters. The summed E-state index contributed by atoms with van der Waals surface area (Å²) in [5.41, 5.74) is -0.346. The third-order valence-electron chi connectivity index (χ3n) is 2.07. The molecule has 3 N–H and O–H groups in total. The lowest BCUT2D eigenvalue weighted by molar-refractivity contribution is 0.432. The summed E-state index contributed by atoms with van der Waals surface area (Å²) in [6.07, 6.45) is 0. The van der Waals surface area contributed by atoms with Gasteiger partial charge in [-0.25, -0.2) is 4.39 Å². The molecule has 1 aromatic carbocycles. The lowest BCUT2D eigenvalue weighted by atomic mass is 10.2. The van der Waals surface area contributed by atoms with Gasteiger partial charge in [-0.15, -0.1) is 0 Å². The normalized spacial score (nSPS) is 10.5. The molecule has 0 fully saturated rings. The van der Waals surface area contributed by atoms with Crippen LogP contribution in [0.5, 0.6) is 11.6 Å². The zero-order valence-electron chi connectivity index (χ0n) is 8.24. The number of H-pyrrole nitrogens is 1. The number of benzene rings is 1. The molecule has 0 saturated heterocycles. The summed E-state index contributed by atoms with van der Waals surface area (Å²) in [6.45, 7) is 0. The fraction of sp³-hybridized carbons (Fsp3) is 0. The maximum Gasteiger partial charge on any atom is 0.269 e. The van der Waals surface area contributed by atoms with Crippen molar-refractivity contribution in [2.75, 3.05) is 0 Å². The first-order valence-electron chi connectivity index (χ1n) is 4.46. The van der Waals surface area contributed by atoms with E-state index in [-0.39, 0.29) is 15.9 Å². The van der Waals surface area contributed by atoms with Crippen LogP contribution in [0.2, 0.25) is 0 Å². The highest BCUT2D eigenvalue weighted by molar-refractivity contribution is 9.10. The summed E-state index contributed by atoms with van der Waals surface area (Å²) in [4.78, 5) is 17.4. The summed E-state index contributed by atoms with van der Waals surface area (Å²) in [6, 6.07) is 3.49. The van der Waals surface area contributed by atoms with E-state index in [1.54, 1.807) is 0 Å². The van der Waals surface area contributed by atoms with Gasteiger partial charge in [-0.05, 0) is 34.1 Å². The van der Waals surface area contributed by atoms with Gasteiger partial charge in [-0.3, -0.25) is 4.79 Å². The summed E-state index contributed by atoms with van der Waals surface area (Å²) in [5.74, 6) is -1.82. The van der Waals surface area contributed by atoms with Crippen molar-refractivity contribution in [1.29, 1.82) is 0 Å². The number of halogens is 2. The predicted molar refractivity (Wildman–Crippen MR) is 61.3 cm³/mol. The molecule has 2 rings (SSSR count). The van der Waals surface area contributed by atoms with Crippen molar-refractivity contribution in [3.63, 3.8) is 0 Å². The van der Waals surface area contributed by atoms with Crippen molar-refractivity contribution in [2.45, 2.75) is 0 Å². The fourth-order valence-corrected chi connectivity index (χ4v) is 1.43. The van der Waals surface area contributed by atoms with Gasteiger partial charge in [-0.2, -0.15) is 4.98 Å². The summed E-state index contributed by atoms with van der Waals surface area (Å²) in [7, 11) is 0. The highest BCUT2D eigenvalue weighted by Crippen LogP contribution is 2.24. The Morgan fingerprint density at radius 1 is 1.35 bits per heavy atom. The minimum atomic E-state index is -0.840. The number of phenols is 1. The van der Waals surface area contributed by atoms with E-state index < -0.39 is 23.0 Å². The lowest BCUT2D eigenvalue weighted by Crippen LogP contribution is -2.09. The van der Waals surface area contributed by atoms with Crippen LogP contribution < -0.4 is 5.56 Å². The quantitative estimate of drug-likeness (QED) is 0.749. The van der Waals surface area contributed by atoms with Crippen LogP contribution in [0.4, 0.5) is 4.39 Å². The lowest BCUT2D eigenvalue weighted by Gasteiger charge is -2.03. The largest absolute Gasteiger partial charge is 0.505 e. The second-order valence-corrected chi connectivity index (χ2v) is 4.01. The molecule has 0 aliphatic carbocycles. The molecule has 0 radical (unpaired) electrons. The van der Waals surface area contributed by atoms with Gasteiger partial charge in [0.25, 0.3) is 5.56 Å². The monoisotopic (exact) mass is 300 g/mol. The number of hydrogen-bond donors (Lipinski definition) is 3. The van der Waals surface area contributed by atoms with Crippen molar-refractivity contribution >= 4 is 15.9 Å². The van der Waals surface area contributed by atoms with E-state index in [2.05, 4.69) is 25.9 Å². The van der Waals surface area contributed by atoms with Crippen molar-refractivity contribution < 1.29 is 14.6 Å². The van der Waals surface area contributed by atoms with Crippen LogP contribution >= 0.6 is 15.9 Å². The Labute approximate surface area is 103 Å². The van der Waals surface area contributed by atoms with Gasteiger partial charge in [0.15, 0.2) is 11.6 Å². The number of phenolic OH excluding ortho intramolecular Hbond substituents is 1. The number of rotatable bonds is 1. The van der Waals surface area contributed by atoms with Gasteiger partial charge >= 0.3 is 0 Å². The Morgan fingerprint density at radius 2 is 2.06 bits per heavy atom. The van der Waals surface area contributed by atoms with E-state index in [0.29, 0.717) is 0 Å². The number of nitrogens with zero attached hydrogens (tertiary/aromatic N) is 1. The minimum Gasteiger partial charge on any atom is -0.505 e. The maximum absolute atomic E-state index is 13.1. The van der Waals surface area contributed by atoms with Gasteiger partial charge in [0, 0.05) is 5.56 Å². The maximum atomic E-state index is 13.1. The van der Waals surface area contributed by atoms with E-state index >= 15 is 0 Å². The molecule has 5 nitrogen and oxygen atoms in total. The Hall–Kier alpha value is -1.89.